The number of halogens is 1. The third-order valence-electron chi connectivity index (χ3n) is 11.7. The maximum Gasteiger partial charge on any atom is 0.306 e. The third kappa shape index (κ3) is 7.82. The van der Waals surface area contributed by atoms with Gasteiger partial charge in [-0.25, -0.2) is 9.97 Å². The molecular weight excluding hydrogens is 716 g/mol. The summed E-state index contributed by atoms with van der Waals surface area (Å²) in [6.45, 7) is 6.81. The van der Waals surface area contributed by atoms with Crippen molar-refractivity contribution in [3.05, 3.63) is 94.3 Å². The lowest BCUT2D eigenvalue weighted by Gasteiger charge is -2.33. The van der Waals surface area contributed by atoms with Crippen molar-refractivity contribution in [2.45, 2.75) is 64.6 Å². The maximum absolute atomic E-state index is 13.7. The number of nitrogens with zero attached hydrogens (tertiary/aromatic N) is 6. The average Bonchev–Trinajstić information content (AvgIpc) is 3.74. The number of aromatic nitrogens is 4. The Labute approximate surface area is 325 Å². The molecule has 2 fully saturated rings. The molecule has 1 amide bonds. The molecule has 5 aromatic rings. The van der Waals surface area contributed by atoms with E-state index in [4.69, 9.17) is 21.6 Å². The van der Waals surface area contributed by atoms with Crippen LogP contribution in [0.5, 0.6) is 0 Å². The molecule has 5 heterocycles. The van der Waals surface area contributed by atoms with Gasteiger partial charge in [0.05, 0.1) is 28.4 Å². The molecule has 3 aliphatic rings. The standard InChI is InChI=1S/C42H47ClN8O4/c1-25-31(5-3-7-33(25)46-39-38-29(13-16-44-39)19-27(20-45-38)22-50-17-14-30(52)23-50)32-6-4-8-34(37(32)43)48-41(53)40-47-35-24-51(18-15-36(35)49(40)2)21-26-9-11-28(12-10-26)42(54)55/h3-8,13,16,19-20,26,28,30,52H,9-12,14-15,17-18,21-24H2,1-2H3,(H,44,46)(H,48,53)(H,54,55)/t26?,28?,30-/m0/s1. The minimum atomic E-state index is -0.676. The van der Waals surface area contributed by atoms with Gasteiger partial charge in [-0.3, -0.25) is 24.4 Å². The average molecular weight is 763 g/mol. The minimum absolute atomic E-state index is 0.213. The van der Waals surface area contributed by atoms with E-state index in [-0.39, 0.29) is 17.9 Å². The van der Waals surface area contributed by atoms with Crippen LogP contribution in [0.4, 0.5) is 17.2 Å². The minimum Gasteiger partial charge on any atom is -0.481 e. The van der Waals surface area contributed by atoms with Crippen LogP contribution in [0, 0.1) is 18.8 Å². The van der Waals surface area contributed by atoms with Crippen LogP contribution >= 0.6 is 11.6 Å². The fraction of sp³-hybridized carbons (Fsp3) is 0.405. The lowest BCUT2D eigenvalue weighted by Crippen LogP contribution is -2.36. The molecule has 1 saturated heterocycles. The van der Waals surface area contributed by atoms with E-state index in [0.717, 1.165) is 115 Å². The molecule has 12 nitrogen and oxygen atoms in total. The fourth-order valence-electron chi connectivity index (χ4n) is 8.60. The Hall–Kier alpha value is -4.88. The summed E-state index contributed by atoms with van der Waals surface area (Å²) in [6.07, 6.45) is 8.36. The molecule has 286 valence electrons. The summed E-state index contributed by atoms with van der Waals surface area (Å²) in [4.78, 5) is 44.0. The lowest BCUT2D eigenvalue weighted by molar-refractivity contribution is -0.143. The number of fused-ring (bicyclic) bond motifs is 2. The van der Waals surface area contributed by atoms with Crippen molar-refractivity contribution in [2.24, 2.45) is 18.9 Å². The van der Waals surface area contributed by atoms with E-state index in [1.54, 1.807) is 12.3 Å². The fourth-order valence-corrected chi connectivity index (χ4v) is 8.88. The van der Waals surface area contributed by atoms with Gasteiger partial charge >= 0.3 is 5.97 Å². The topological polar surface area (TPSA) is 149 Å². The smallest absolute Gasteiger partial charge is 0.306 e. The van der Waals surface area contributed by atoms with E-state index in [1.807, 2.05) is 61.1 Å². The lowest BCUT2D eigenvalue weighted by atomic mass is 9.81. The number of pyridine rings is 2. The number of hydrogen-bond acceptors (Lipinski definition) is 9. The van der Waals surface area contributed by atoms with Crippen LogP contribution in [-0.2, 0) is 31.4 Å². The zero-order valence-electron chi connectivity index (χ0n) is 31.3. The highest BCUT2D eigenvalue weighted by Crippen LogP contribution is 2.39. The van der Waals surface area contributed by atoms with Gasteiger partial charge in [-0.05, 0) is 85.9 Å². The van der Waals surface area contributed by atoms with Crippen molar-refractivity contribution < 1.29 is 19.8 Å². The summed E-state index contributed by atoms with van der Waals surface area (Å²) in [6, 6.07) is 15.7. The summed E-state index contributed by atoms with van der Waals surface area (Å²) in [5, 5.41) is 27.2. The van der Waals surface area contributed by atoms with E-state index in [2.05, 4.69) is 31.5 Å². The van der Waals surface area contributed by atoms with Crippen molar-refractivity contribution in [3.8, 4) is 11.1 Å². The molecule has 2 aliphatic heterocycles. The number of aliphatic hydroxyl groups is 1. The van der Waals surface area contributed by atoms with Crippen LogP contribution < -0.4 is 10.6 Å². The van der Waals surface area contributed by atoms with Crippen LogP contribution in [-0.4, -0.2) is 83.7 Å². The number of likely N-dealkylation sites (tertiary alicyclic amines) is 1. The summed E-state index contributed by atoms with van der Waals surface area (Å²) >= 11 is 7.06. The number of imidazole rings is 1. The van der Waals surface area contributed by atoms with Crippen LogP contribution in [0.3, 0.4) is 0 Å². The normalized spacial score (nSPS) is 20.4. The Morgan fingerprint density at radius 1 is 0.964 bits per heavy atom. The highest BCUT2D eigenvalue weighted by molar-refractivity contribution is 6.36. The number of aliphatic carboxylic acids is 1. The quantitative estimate of drug-likeness (QED) is 0.120. The molecule has 55 heavy (non-hydrogen) atoms. The number of amides is 1. The predicted molar refractivity (Wildman–Crippen MR) is 214 cm³/mol. The van der Waals surface area contributed by atoms with Crippen molar-refractivity contribution in [2.75, 3.05) is 36.8 Å². The number of carboxylic acids is 1. The van der Waals surface area contributed by atoms with E-state index < -0.39 is 5.97 Å². The van der Waals surface area contributed by atoms with Gasteiger partial charge in [0.15, 0.2) is 11.6 Å². The highest BCUT2D eigenvalue weighted by Gasteiger charge is 2.30. The van der Waals surface area contributed by atoms with E-state index in [9.17, 15) is 19.8 Å². The van der Waals surface area contributed by atoms with Gasteiger partial charge in [-0.2, -0.15) is 0 Å². The van der Waals surface area contributed by atoms with Crippen molar-refractivity contribution in [3.63, 3.8) is 0 Å². The third-order valence-corrected chi connectivity index (χ3v) is 12.1. The number of carboxylic acid groups (broad SMARTS) is 1. The second kappa shape index (κ2) is 15.7. The Morgan fingerprint density at radius 3 is 2.51 bits per heavy atom. The summed E-state index contributed by atoms with van der Waals surface area (Å²) in [5.74, 6) is 0.269. The highest BCUT2D eigenvalue weighted by atomic mass is 35.5. The molecule has 1 saturated carbocycles. The van der Waals surface area contributed by atoms with Gasteiger partial charge < -0.3 is 25.4 Å². The summed E-state index contributed by atoms with van der Waals surface area (Å²) < 4.78 is 1.90. The maximum atomic E-state index is 13.7. The number of rotatable bonds is 10. The van der Waals surface area contributed by atoms with E-state index in [1.165, 1.54) is 0 Å². The molecule has 0 unspecified atom stereocenters. The van der Waals surface area contributed by atoms with Crippen LogP contribution in [0.25, 0.3) is 22.0 Å². The molecule has 1 aliphatic carbocycles. The SMILES string of the molecule is Cc1c(Nc2nccc3cc(CN4CC[C@H](O)C4)cnc23)cccc1-c1cccc(NC(=O)c2nc3c(n2C)CCN(CC2CCC(C(=O)O)CC2)C3)c1Cl. The molecule has 3 aromatic heterocycles. The predicted octanol–water partition coefficient (Wildman–Crippen LogP) is 6.80. The Morgan fingerprint density at radius 2 is 1.75 bits per heavy atom. The van der Waals surface area contributed by atoms with Crippen LogP contribution in [0.2, 0.25) is 5.02 Å². The number of carbonyl (C=O) groups excluding carboxylic acids is 1. The Kier molecular flexibility index (Phi) is 10.6. The number of benzene rings is 2. The first kappa shape index (κ1) is 37.1. The largest absolute Gasteiger partial charge is 0.481 e. The number of aliphatic hydroxyl groups excluding tert-OH is 1. The monoisotopic (exact) mass is 762 g/mol. The first-order chi connectivity index (χ1) is 26.6. The first-order valence-electron chi connectivity index (χ1n) is 19.2. The zero-order chi connectivity index (χ0) is 38.2. The van der Waals surface area contributed by atoms with Crippen LogP contribution in [0.1, 0.15) is 65.2 Å². The molecule has 1 atom stereocenters. The molecule has 4 N–H and O–H groups in total. The Bertz CT molecular complexity index is 2250. The van der Waals surface area contributed by atoms with Gasteiger partial charge in [0.25, 0.3) is 5.91 Å². The summed E-state index contributed by atoms with van der Waals surface area (Å²) in [7, 11) is 1.89. The number of β-amino-alcohol motifs (C(OH)–C–C–N with tert-alkyl or cyclic N) is 1. The number of nitrogens with one attached hydrogen (secondary N) is 2. The summed E-state index contributed by atoms with van der Waals surface area (Å²) in [5.41, 5.74) is 7.87. The first-order valence-corrected chi connectivity index (χ1v) is 19.6. The zero-order valence-corrected chi connectivity index (χ0v) is 32.0. The van der Waals surface area contributed by atoms with Gasteiger partial charge in [0.2, 0.25) is 0 Å². The molecule has 0 bridgehead atoms. The van der Waals surface area contributed by atoms with Gasteiger partial charge in [-0.1, -0.05) is 35.9 Å². The Balaban J connectivity index is 0.959. The van der Waals surface area contributed by atoms with Gasteiger partial charge in [0.1, 0.15) is 5.52 Å². The molecule has 2 aromatic carbocycles. The molecule has 0 spiro atoms. The number of anilines is 3. The second-order valence-corrected chi connectivity index (χ2v) is 15.8. The molecule has 0 radical (unpaired) electrons. The second-order valence-electron chi connectivity index (χ2n) is 15.4. The van der Waals surface area contributed by atoms with E-state index in [0.29, 0.717) is 41.4 Å². The van der Waals surface area contributed by atoms with Crippen molar-refractivity contribution in [1.29, 1.82) is 0 Å². The molecule has 13 heteroatoms. The van der Waals surface area contributed by atoms with Gasteiger partial charge in [-0.15, -0.1) is 0 Å². The van der Waals surface area contributed by atoms with Gasteiger partial charge in [0, 0.05) is 87.5 Å². The van der Waals surface area contributed by atoms with E-state index >= 15 is 0 Å². The molecular formula is C42H47ClN8O4. The number of hydrogen-bond donors (Lipinski definition) is 4. The molecule has 8 rings (SSSR count). The van der Waals surface area contributed by atoms with Crippen molar-refractivity contribution >= 4 is 51.6 Å². The van der Waals surface area contributed by atoms with Crippen molar-refractivity contribution in [1.82, 2.24) is 29.3 Å². The van der Waals surface area contributed by atoms with Crippen LogP contribution in [0.15, 0.2) is 60.9 Å². The number of carbonyl (C=O) groups is 2.